The van der Waals surface area contributed by atoms with Crippen LogP contribution in [0.1, 0.15) is 12.6 Å². The van der Waals surface area contributed by atoms with Gasteiger partial charge in [-0.2, -0.15) is 0 Å². The van der Waals surface area contributed by atoms with Gasteiger partial charge in [-0.05, 0) is 19.1 Å². The Kier molecular flexibility index (Phi) is 3.31. The average molecular weight is 258 g/mol. The van der Waals surface area contributed by atoms with E-state index >= 15 is 0 Å². The van der Waals surface area contributed by atoms with Gasteiger partial charge in [-0.1, -0.05) is 6.07 Å². The van der Waals surface area contributed by atoms with Gasteiger partial charge in [0.1, 0.15) is 5.65 Å². The van der Waals surface area contributed by atoms with E-state index in [-0.39, 0.29) is 5.56 Å². The molecule has 0 radical (unpaired) electrons. The minimum Gasteiger partial charge on any atom is -0.314 e. The zero-order valence-corrected chi connectivity index (χ0v) is 11.0. The molecular formula is C14H18N4O. The quantitative estimate of drug-likeness (QED) is 0.851. The fourth-order valence-electron chi connectivity index (χ4n) is 2.51. The lowest BCUT2D eigenvalue weighted by atomic mass is 10.2. The van der Waals surface area contributed by atoms with Gasteiger partial charge in [0.2, 0.25) is 0 Å². The van der Waals surface area contributed by atoms with Gasteiger partial charge in [0, 0.05) is 44.5 Å². The highest BCUT2D eigenvalue weighted by Crippen LogP contribution is 2.08. The second-order valence-electron chi connectivity index (χ2n) is 5.04. The highest BCUT2D eigenvalue weighted by molar-refractivity contribution is 5.37. The Morgan fingerprint density at radius 1 is 1.47 bits per heavy atom. The van der Waals surface area contributed by atoms with Crippen LogP contribution in [-0.4, -0.2) is 40.0 Å². The summed E-state index contributed by atoms with van der Waals surface area (Å²) in [6.07, 6.45) is 1.75. The van der Waals surface area contributed by atoms with Crippen LogP contribution in [0.3, 0.4) is 0 Å². The second kappa shape index (κ2) is 5.11. The van der Waals surface area contributed by atoms with Crippen molar-refractivity contribution in [1.29, 1.82) is 0 Å². The first-order chi connectivity index (χ1) is 9.24. The molecule has 19 heavy (non-hydrogen) atoms. The lowest BCUT2D eigenvalue weighted by Gasteiger charge is -2.33. The molecule has 0 aliphatic carbocycles. The summed E-state index contributed by atoms with van der Waals surface area (Å²) >= 11 is 0. The Morgan fingerprint density at radius 2 is 2.37 bits per heavy atom. The van der Waals surface area contributed by atoms with E-state index in [4.69, 9.17) is 0 Å². The van der Waals surface area contributed by atoms with Crippen molar-refractivity contribution in [3.05, 3.63) is 46.5 Å². The summed E-state index contributed by atoms with van der Waals surface area (Å²) in [5, 5.41) is 3.36. The number of hydrogen-bond acceptors (Lipinski definition) is 4. The Labute approximate surface area is 111 Å². The summed E-state index contributed by atoms with van der Waals surface area (Å²) in [5.74, 6) is 0. The van der Waals surface area contributed by atoms with Crippen LogP contribution in [0.5, 0.6) is 0 Å². The normalized spacial score (nSPS) is 20.8. The summed E-state index contributed by atoms with van der Waals surface area (Å²) in [6.45, 7) is 5.92. The van der Waals surface area contributed by atoms with E-state index in [1.165, 1.54) is 0 Å². The molecule has 0 saturated carbocycles. The van der Waals surface area contributed by atoms with Crippen molar-refractivity contribution in [1.82, 2.24) is 19.6 Å². The van der Waals surface area contributed by atoms with Crippen LogP contribution in [0.15, 0.2) is 35.3 Å². The van der Waals surface area contributed by atoms with Crippen LogP contribution in [-0.2, 0) is 6.54 Å². The lowest BCUT2D eigenvalue weighted by molar-refractivity contribution is 0.164. The zero-order valence-electron chi connectivity index (χ0n) is 11.0. The van der Waals surface area contributed by atoms with Gasteiger partial charge >= 0.3 is 0 Å². The lowest BCUT2D eigenvalue weighted by Crippen LogP contribution is -2.49. The van der Waals surface area contributed by atoms with Crippen LogP contribution < -0.4 is 10.9 Å². The van der Waals surface area contributed by atoms with E-state index in [2.05, 4.69) is 22.1 Å². The van der Waals surface area contributed by atoms with E-state index in [0.29, 0.717) is 11.7 Å². The van der Waals surface area contributed by atoms with Crippen molar-refractivity contribution < 1.29 is 0 Å². The van der Waals surface area contributed by atoms with Crippen LogP contribution >= 0.6 is 0 Å². The van der Waals surface area contributed by atoms with Crippen molar-refractivity contribution in [3.63, 3.8) is 0 Å². The topological polar surface area (TPSA) is 49.6 Å². The second-order valence-corrected chi connectivity index (χ2v) is 5.04. The zero-order chi connectivity index (χ0) is 13.2. The Bertz CT molecular complexity index is 637. The Morgan fingerprint density at radius 3 is 3.21 bits per heavy atom. The molecule has 0 spiro atoms. The van der Waals surface area contributed by atoms with Gasteiger partial charge < -0.3 is 5.32 Å². The number of pyridine rings is 1. The van der Waals surface area contributed by atoms with Gasteiger partial charge in [-0.3, -0.25) is 14.1 Å². The number of nitrogens with zero attached hydrogens (tertiary/aromatic N) is 3. The van der Waals surface area contributed by atoms with E-state index in [1.807, 2.05) is 18.2 Å². The van der Waals surface area contributed by atoms with Crippen LogP contribution in [0, 0.1) is 0 Å². The molecule has 1 saturated heterocycles. The van der Waals surface area contributed by atoms with E-state index in [1.54, 1.807) is 16.7 Å². The molecule has 5 nitrogen and oxygen atoms in total. The molecule has 0 amide bonds. The van der Waals surface area contributed by atoms with E-state index < -0.39 is 0 Å². The van der Waals surface area contributed by atoms with Gasteiger partial charge in [0.25, 0.3) is 5.56 Å². The molecule has 1 unspecified atom stereocenters. The third kappa shape index (κ3) is 2.52. The van der Waals surface area contributed by atoms with Crippen molar-refractivity contribution in [3.8, 4) is 0 Å². The standard InChI is InChI=1S/C14H18N4O/c1-11-9-15-5-7-17(11)10-12-8-14(19)18-6-3-2-4-13(18)16-12/h2-4,6,8,11,15H,5,7,9-10H2,1H3. The van der Waals surface area contributed by atoms with Crippen LogP contribution in [0.4, 0.5) is 0 Å². The molecule has 2 aromatic rings. The largest absolute Gasteiger partial charge is 0.314 e. The minimum absolute atomic E-state index is 0.0108. The summed E-state index contributed by atoms with van der Waals surface area (Å²) in [7, 11) is 0. The van der Waals surface area contributed by atoms with Gasteiger partial charge in [-0.15, -0.1) is 0 Å². The minimum atomic E-state index is -0.0108. The summed E-state index contributed by atoms with van der Waals surface area (Å²) in [6, 6.07) is 7.73. The summed E-state index contributed by atoms with van der Waals surface area (Å²) in [4.78, 5) is 18.9. The molecule has 100 valence electrons. The number of hydrogen-bond donors (Lipinski definition) is 1. The maximum Gasteiger partial charge on any atom is 0.258 e. The van der Waals surface area contributed by atoms with Crippen LogP contribution in [0.25, 0.3) is 5.65 Å². The molecule has 0 aromatic carbocycles. The molecule has 1 N–H and O–H groups in total. The highest BCUT2D eigenvalue weighted by Gasteiger charge is 2.18. The molecule has 1 atom stereocenters. The molecule has 1 aliphatic rings. The first kappa shape index (κ1) is 12.3. The SMILES string of the molecule is CC1CNCCN1Cc1cc(=O)n2ccccc2n1. The maximum atomic E-state index is 12.0. The fraction of sp³-hybridized carbons (Fsp3) is 0.429. The molecule has 5 heteroatoms. The first-order valence-electron chi connectivity index (χ1n) is 6.66. The van der Waals surface area contributed by atoms with E-state index in [9.17, 15) is 4.79 Å². The summed E-state index contributed by atoms with van der Waals surface area (Å²) in [5.41, 5.74) is 1.56. The number of rotatable bonds is 2. The Hall–Kier alpha value is -1.72. The number of fused-ring (bicyclic) bond motifs is 1. The molecule has 3 heterocycles. The number of aromatic nitrogens is 2. The average Bonchev–Trinajstić information content (AvgIpc) is 2.42. The molecule has 1 aliphatic heterocycles. The van der Waals surface area contributed by atoms with Gasteiger partial charge in [-0.25, -0.2) is 4.98 Å². The molecule has 3 rings (SSSR count). The maximum absolute atomic E-state index is 12.0. The third-order valence-electron chi connectivity index (χ3n) is 3.63. The number of piperazine rings is 1. The monoisotopic (exact) mass is 258 g/mol. The van der Waals surface area contributed by atoms with Crippen molar-refractivity contribution in [2.45, 2.75) is 19.5 Å². The molecule has 2 aromatic heterocycles. The first-order valence-corrected chi connectivity index (χ1v) is 6.66. The number of nitrogens with one attached hydrogen (secondary N) is 1. The van der Waals surface area contributed by atoms with Gasteiger partial charge in [0.15, 0.2) is 0 Å². The van der Waals surface area contributed by atoms with Crippen molar-refractivity contribution in [2.75, 3.05) is 19.6 Å². The van der Waals surface area contributed by atoms with Crippen LogP contribution in [0.2, 0.25) is 0 Å². The van der Waals surface area contributed by atoms with Gasteiger partial charge in [0.05, 0.1) is 5.69 Å². The predicted octanol–water partition coefficient (Wildman–Crippen LogP) is 0.488. The molecule has 1 fully saturated rings. The van der Waals surface area contributed by atoms with E-state index in [0.717, 1.165) is 31.9 Å². The predicted molar refractivity (Wildman–Crippen MR) is 74.2 cm³/mol. The highest BCUT2D eigenvalue weighted by atomic mass is 16.1. The molecular weight excluding hydrogens is 240 g/mol. The Balaban J connectivity index is 1.91. The summed E-state index contributed by atoms with van der Waals surface area (Å²) < 4.78 is 1.57. The smallest absolute Gasteiger partial charge is 0.258 e. The molecule has 0 bridgehead atoms. The third-order valence-corrected chi connectivity index (χ3v) is 3.63. The fourth-order valence-corrected chi connectivity index (χ4v) is 2.51. The van der Waals surface area contributed by atoms with Crippen molar-refractivity contribution in [2.24, 2.45) is 0 Å². The van der Waals surface area contributed by atoms with Crippen molar-refractivity contribution >= 4 is 5.65 Å².